The lowest BCUT2D eigenvalue weighted by Gasteiger charge is -2.27. The molecule has 5 rings (SSSR count). The Kier molecular flexibility index (Phi) is 5.60. The molecular formula is C24H25N5O2. The first-order valence-electron chi connectivity index (χ1n) is 10.6. The number of fused-ring (bicyclic) bond motifs is 1. The summed E-state index contributed by atoms with van der Waals surface area (Å²) in [5.41, 5.74) is 6.27. The molecule has 158 valence electrons. The van der Waals surface area contributed by atoms with Gasteiger partial charge >= 0.3 is 0 Å². The molecule has 2 aromatic carbocycles. The SMILES string of the molecule is Cc1ccc(-c2ccc3ncc(-c4nnco4)c(NCCN4CCOCC4)c3c2)cc1. The van der Waals surface area contributed by atoms with Gasteiger partial charge in [0.1, 0.15) is 0 Å². The second kappa shape index (κ2) is 8.83. The van der Waals surface area contributed by atoms with E-state index in [4.69, 9.17) is 9.15 Å². The summed E-state index contributed by atoms with van der Waals surface area (Å²) in [4.78, 5) is 7.06. The molecule has 0 unspecified atom stereocenters. The van der Waals surface area contributed by atoms with Crippen LogP contribution in [0.2, 0.25) is 0 Å². The van der Waals surface area contributed by atoms with Crippen LogP contribution in [-0.4, -0.2) is 59.5 Å². The van der Waals surface area contributed by atoms with Crippen molar-refractivity contribution in [3.8, 4) is 22.6 Å². The number of rotatable bonds is 6. The van der Waals surface area contributed by atoms with Crippen LogP contribution in [-0.2, 0) is 4.74 Å². The van der Waals surface area contributed by atoms with E-state index in [0.29, 0.717) is 5.89 Å². The molecule has 0 bridgehead atoms. The standard InChI is InChI=1S/C24H25N5O2/c1-17-2-4-18(5-3-17)19-6-7-22-20(14-19)23(21(15-26-22)24-28-27-16-31-24)25-8-9-29-10-12-30-13-11-29/h2-7,14-16H,8-13H2,1H3,(H,25,26). The van der Waals surface area contributed by atoms with E-state index in [-0.39, 0.29) is 0 Å². The highest BCUT2D eigenvalue weighted by Crippen LogP contribution is 2.35. The van der Waals surface area contributed by atoms with Crippen molar-refractivity contribution in [1.82, 2.24) is 20.1 Å². The Balaban J connectivity index is 1.52. The van der Waals surface area contributed by atoms with Gasteiger partial charge in [-0.05, 0) is 30.2 Å². The van der Waals surface area contributed by atoms with Gasteiger partial charge in [0, 0.05) is 37.8 Å². The van der Waals surface area contributed by atoms with Gasteiger partial charge in [-0.3, -0.25) is 9.88 Å². The Morgan fingerprint density at radius 2 is 1.84 bits per heavy atom. The summed E-state index contributed by atoms with van der Waals surface area (Å²) in [6.45, 7) is 7.36. The average Bonchev–Trinajstić information content (AvgIpc) is 3.35. The van der Waals surface area contributed by atoms with Crippen molar-refractivity contribution in [1.29, 1.82) is 0 Å². The van der Waals surface area contributed by atoms with Crippen molar-refractivity contribution in [2.75, 3.05) is 44.7 Å². The molecule has 3 heterocycles. The molecule has 0 saturated carbocycles. The molecular weight excluding hydrogens is 390 g/mol. The number of nitrogens with zero attached hydrogens (tertiary/aromatic N) is 4. The van der Waals surface area contributed by atoms with Gasteiger partial charge in [-0.25, -0.2) is 0 Å². The van der Waals surface area contributed by atoms with Crippen molar-refractivity contribution >= 4 is 16.6 Å². The molecule has 0 atom stereocenters. The molecule has 0 spiro atoms. The van der Waals surface area contributed by atoms with E-state index in [1.807, 2.05) is 0 Å². The van der Waals surface area contributed by atoms with Crippen LogP contribution in [0.5, 0.6) is 0 Å². The quantitative estimate of drug-likeness (QED) is 0.510. The Morgan fingerprint density at radius 3 is 2.61 bits per heavy atom. The smallest absolute Gasteiger partial charge is 0.251 e. The van der Waals surface area contributed by atoms with E-state index in [1.165, 1.54) is 17.5 Å². The van der Waals surface area contributed by atoms with Gasteiger partial charge < -0.3 is 14.5 Å². The molecule has 2 aromatic heterocycles. The minimum Gasteiger partial charge on any atom is -0.423 e. The first kappa shape index (κ1) is 19.7. The predicted molar refractivity (Wildman–Crippen MR) is 121 cm³/mol. The molecule has 1 fully saturated rings. The topological polar surface area (TPSA) is 76.3 Å². The van der Waals surface area contributed by atoms with E-state index >= 15 is 0 Å². The molecule has 7 nitrogen and oxygen atoms in total. The number of nitrogens with one attached hydrogen (secondary N) is 1. The van der Waals surface area contributed by atoms with Gasteiger partial charge in [0.05, 0.1) is 30.0 Å². The first-order chi connectivity index (χ1) is 15.3. The number of pyridine rings is 1. The number of anilines is 1. The number of aromatic nitrogens is 3. The van der Waals surface area contributed by atoms with Crippen LogP contribution in [0.3, 0.4) is 0 Å². The number of benzene rings is 2. The number of aryl methyl sites for hydroxylation is 1. The maximum absolute atomic E-state index is 5.50. The highest BCUT2D eigenvalue weighted by molar-refractivity contribution is 6.00. The van der Waals surface area contributed by atoms with Crippen LogP contribution in [0.1, 0.15) is 5.56 Å². The number of ether oxygens (including phenoxy) is 1. The van der Waals surface area contributed by atoms with Gasteiger partial charge in [0.25, 0.3) is 5.89 Å². The van der Waals surface area contributed by atoms with Crippen LogP contribution in [0.25, 0.3) is 33.5 Å². The maximum atomic E-state index is 5.50. The van der Waals surface area contributed by atoms with Crippen molar-refractivity contribution in [2.45, 2.75) is 6.92 Å². The number of morpholine rings is 1. The molecule has 7 heteroatoms. The third kappa shape index (κ3) is 4.28. The van der Waals surface area contributed by atoms with E-state index in [9.17, 15) is 0 Å². The predicted octanol–water partition coefficient (Wildman–Crippen LogP) is 4.00. The summed E-state index contributed by atoms with van der Waals surface area (Å²) in [6, 6.07) is 14.9. The number of hydrogen-bond donors (Lipinski definition) is 1. The van der Waals surface area contributed by atoms with E-state index in [2.05, 4.69) is 74.8 Å². The van der Waals surface area contributed by atoms with Gasteiger partial charge in [0.2, 0.25) is 6.39 Å². The zero-order valence-electron chi connectivity index (χ0n) is 17.5. The number of hydrogen-bond acceptors (Lipinski definition) is 7. The monoisotopic (exact) mass is 415 g/mol. The fourth-order valence-electron chi connectivity index (χ4n) is 3.92. The maximum Gasteiger partial charge on any atom is 0.251 e. The van der Waals surface area contributed by atoms with Gasteiger partial charge in [-0.15, -0.1) is 10.2 Å². The van der Waals surface area contributed by atoms with E-state index in [0.717, 1.165) is 67.1 Å². The molecule has 0 aliphatic carbocycles. The fraction of sp³-hybridized carbons (Fsp3) is 0.292. The minimum atomic E-state index is 0.462. The zero-order chi connectivity index (χ0) is 21.0. The van der Waals surface area contributed by atoms with E-state index in [1.54, 1.807) is 6.20 Å². The lowest BCUT2D eigenvalue weighted by molar-refractivity contribution is 0.0398. The molecule has 1 N–H and O–H groups in total. The fourth-order valence-corrected chi connectivity index (χ4v) is 3.92. The van der Waals surface area contributed by atoms with Crippen LogP contribution >= 0.6 is 0 Å². The molecule has 1 aliphatic heterocycles. The van der Waals surface area contributed by atoms with Gasteiger partial charge in [-0.1, -0.05) is 35.9 Å². The van der Waals surface area contributed by atoms with Crippen LogP contribution in [0.4, 0.5) is 5.69 Å². The molecule has 1 aliphatic rings. The first-order valence-corrected chi connectivity index (χ1v) is 10.6. The molecule has 1 saturated heterocycles. The Hall–Kier alpha value is -3.29. The second-order valence-corrected chi connectivity index (χ2v) is 7.77. The van der Waals surface area contributed by atoms with Crippen molar-refractivity contribution < 1.29 is 9.15 Å². The summed E-state index contributed by atoms with van der Waals surface area (Å²) in [5, 5.41) is 12.6. The van der Waals surface area contributed by atoms with Crippen molar-refractivity contribution in [2.24, 2.45) is 0 Å². The lowest BCUT2D eigenvalue weighted by atomic mass is 10.0. The highest BCUT2D eigenvalue weighted by atomic mass is 16.5. The van der Waals surface area contributed by atoms with Crippen LogP contribution in [0.15, 0.2) is 59.5 Å². The van der Waals surface area contributed by atoms with Crippen LogP contribution in [0, 0.1) is 6.92 Å². The summed E-state index contributed by atoms with van der Waals surface area (Å²) in [6.07, 6.45) is 3.15. The summed E-state index contributed by atoms with van der Waals surface area (Å²) >= 11 is 0. The average molecular weight is 415 g/mol. The molecule has 4 aromatic rings. The molecule has 0 amide bonds. The van der Waals surface area contributed by atoms with Crippen molar-refractivity contribution in [3.05, 3.63) is 60.6 Å². The van der Waals surface area contributed by atoms with Gasteiger partial charge in [0.15, 0.2) is 0 Å². The summed E-state index contributed by atoms with van der Waals surface area (Å²) < 4.78 is 11.0. The van der Waals surface area contributed by atoms with Crippen molar-refractivity contribution in [3.63, 3.8) is 0 Å². The van der Waals surface area contributed by atoms with Gasteiger partial charge in [-0.2, -0.15) is 0 Å². The van der Waals surface area contributed by atoms with E-state index < -0.39 is 0 Å². The largest absolute Gasteiger partial charge is 0.423 e. The Bertz CT molecular complexity index is 1150. The molecule has 0 radical (unpaired) electrons. The minimum absolute atomic E-state index is 0.462. The molecule has 31 heavy (non-hydrogen) atoms. The van der Waals surface area contributed by atoms with Crippen LogP contribution < -0.4 is 5.32 Å². The third-order valence-corrected chi connectivity index (χ3v) is 5.68. The highest BCUT2D eigenvalue weighted by Gasteiger charge is 2.16. The Morgan fingerprint density at radius 1 is 1.03 bits per heavy atom. The Labute approximate surface area is 181 Å². The zero-order valence-corrected chi connectivity index (χ0v) is 17.5. The normalized spacial score (nSPS) is 14.7. The lowest BCUT2D eigenvalue weighted by Crippen LogP contribution is -2.39. The summed E-state index contributed by atoms with van der Waals surface area (Å²) in [5.74, 6) is 0.462. The third-order valence-electron chi connectivity index (χ3n) is 5.68. The second-order valence-electron chi connectivity index (χ2n) is 7.77. The summed E-state index contributed by atoms with van der Waals surface area (Å²) in [7, 11) is 0.